The highest BCUT2D eigenvalue weighted by Crippen LogP contribution is 2.30. The molecule has 0 spiro atoms. The average molecular weight is 297 g/mol. The van der Waals surface area contributed by atoms with E-state index >= 15 is 0 Å². The molecule has 1 heterocycles. The summed E-state index contributed by atoms with van der Waals surface area (Å²) in [6, 6.07) is 4.21. The zero-order valence-corrected chi connectivity index (χ0v) is 11.8. The molecule has 0 amide bonds. The number of pyridine rings is 1. The third-order valence-electron chi connectivity index (χ3n) is 3.88. The number of aromatic nitrogens is 1. The van der Waals surface area contributed by atoms with Crippen LogP contribution in [0.5, 0.6) is 0 Å². The minimum absolute atomic E-state index is 0.697. The fourth-order valence-corrected chi connectivity index (χ4v) is 3.07. The molecule has 3 heteroatoms. The number of hydrogen-bond acceptors (Lipinski definition) is 2. The first-order valence-electron chi connectivity index (χ1n) is 6.60. The number of nitrogens with two attached hydrogens (primary N) is 1. The van der Waals surface area contributed by atoms with Crippen LogP contribution in [0.1, 0.15) is 37.8 Å². The fraction of sp³-hybridized carbons (Fsp3) is 0.643. The van der Waals surface area contributed by atoms with E-state index in [9.17, 15) is 0 Å². The monoisotopic (exact) mass is 296 g/mol. The molecule has 1 aromatic heterocycles. The van der Waals surface area contributed by atoms with Crippen LogP contribution >= 0.6 is 15.9 Å². The molecule has 2 unspecified atom stereocenters. The zero-order valence-electron chi connectivity index (χ0n) is 10.2. The van der Waals surface area contributed by atoms with Gasteiger partial charge in [-0.2, -0.15) is 0 Å². The van der Waals surface area contributed by atoms with Crippen LogP contribution in [0.15, 0.2) is 22.8 Å². The van der Waals surface area contributed by atoms with Crippen LogP contribution in [-0.4, -0.2) is 11.5 Å². The van der Waals surface area contributed by atoms with Gasteiger partial charge in [-0.05, 0) is 65.7 Å². The van der Waals surface area contributed by atoms with Crippen LogP contribution < -0.4 is 5.73 Å². The van der Waals surface area contributed by atoms with E-state index in [1.54, 1.807) is 0 Å². The first-order chi connectivity index (χ1) is 8.29. The van der Waals surface area contributed by atoms with E-state index in [0.717, 1.165) is 23.4 Å². The second-order valence-electron chi connectivity index (χ2n) is 5.07. The fourth-order valence-electron chi connectivity index (χ4n) is 2.84. The van der Waals surface area contributed by atoms with Gasteiger partial charge in [0.25, 0.3) is 0 Å². The highest BCUT2D eigenvalue weighted by Gasteiger charge is 2.22. The van der Waals surface area contributed by atoms with Crippen molar-refractivity contribution in [2.24, 2.45) is 17.6 Å². The third-order valence-corrected chi connectivity index (χ3v) is 4.35. The lowest BCUT2D eigenvalue weighted by Crippen LogP contribution is -2.24. The maximum atomic E-state index is 5.91. The molecule has 0 bridgehead atoms. The van der Waals surface area contributed by atoms with E-state index in [-0.39, 0.29) is 0 Å². The molecule has 2 atom stereocenters. The van der Waals surface area contributed by atoms with Crippen molar-refractivity contribution < 1.29 is 0 Å². The van der Waals surface area contributed by atoms with Gasteiger partial charge in [-0.1, -0.05) is 19.3 Å². The first kappa shape index (κ1) is 13.0. The molecule has 1 saturated carbocycles. The van der Waals surface area contributed by atoms with Crippen LogP contribution in [0.2, 0.25) is 0 Å². The maximum absolute atomic E-state index is 5.91. The van der Waals surface area contributed by atoms with Gasteiger partial charge in [0.1, 0.15) is 0 Å². The van der Waals surface area contributed by atoms with Crippen LogP contribution in [0.25, 0.3) is 0 Å². The quantitative estimate of drug-likeness (QED) is 0.867. The Kier molecular flexibility index (Phi) is 4.99. The van der Waals surface area contributed by atoms with E-state index in [4.69, 9.17) is 5.73 Å². The number of nitrogens with zero attached hydrogens (tertiary/aromatic N) is 1. The van der Waals surface area contributed by atoms with Crippen molar-refractivity contribution in [2.45, 2.75) is 38.5 Å². The van der Waals surface area contributed by atoms with Crippen molar-refractivity contribution in [3.8, 4) is 0 Å². The predicted molar refractivity (Wildman–Crippen MR) is 74.8 cm³/mol. The lowest BCUT2D eigenvalue weighted by molar-refractivity contribution is 0.316. The lowest BCUT2D eigenvalue weighted by atomic mass is 9.84. The van der Waals surface area contributed by atoms with E-state index in [1.165, 1.54) is 37.8 Å². The molecule has 0 radical (unpaired) electrons. The predicted octanol–water partition coefficient (Wildman–Crippen LogP) is 3.54. The molecule has 1 aliphatic rings. The molecular weight excluding hydrogens is 276 g/mol. The van der Waals surface area contributed by atoms with Gasteiger partial charge in [-0.15, -0.1) is 0 Å². The second-order valence-corrected chi connectivity index (χ2v) is 5.98. The molecular formula is C14H21BrN2. The summed E-state index contributed by atoms with van der Waals surface area (Å²) in [5, 5.41) is 0. The van der Waals surface area contributed by atoms with Crippen LogP contribution in [0.4, 0.5) is 0 Å². The van der Waals surface area contributed by atoms with Crippen molar-refractivity contribution >= 4 is 15.9 Å². The Morgan fingerprint density at radius 3 is 2.59 bits per heavy atom. The smallest absolute Gasteiger partial charge is 0.0413 e. The van der Waals surface area contributed by atoms with Crippen molar-refractivity contribution in [1.82, 2.24) is 4.98 Å². The second kappa shape index (κ2) is 6.50. The van der Waals surface area contributed by atoms with Gasteiger partial charge in [0, 0.05) is 16.4 Å². The highest BCUT2D eigenvalue weighted by molar-refractivity contribution is 9.10. The van der Waals surface area contributed by atoms with Crippen LogP contribution in [0.3, 0.4) is 0 Å². The zero-order chi connectivity index (χ0) is 12.1. The van der Waals surface area contributed by atoms with Crippen molar-refractivity contribution in [3.63, 3.8) is 0 Å². The third kappa shape index (κ3) is 3.78. The first-order valence-corrected chi connectivity index (χ1v) is 7.39. The average Bonchev–Trinajstić information content (AvgIpc) is 2.57. The molecule has 2 rings (SSSR count). The lowest BCUT2D eigenvalue weighted by Gasteiger charge is -2.23. The number of halogens is 1. The highest BCUT2D eigenvalue weighted by atomic mass is 79.9. The molecule has 0 saturated heterocycles. The van der Waals surface area contributed by atoms with Gasteiger partial charge in [0.2, 0.25) is 0 Å². The Hall–Kier alpha value is -0.410. The van der Waals surface area contributed by atoms with Gasteiger partial charge in [0.05, 0.1) is 0 Å². The number of rotatable bonds is 3. The van der Waals surface area contributed by atoms with Crippen molar-refractivity contribution in [3.05, 3.63) is 28.5 Å². The summed E-state index contributed by atoms with van der Waals surface area (Å²) in [5.41, 5.74) is 7.12. The molecule has 0 aromatic carbocycles. The largest absolute Gasteiger partial charge is 0.330 e. The Morgan fingerprint density at radius 1 is 1.18 bits per heavy atom. The van der Waals surface area contributed by atoms with E-state index in [1.807, 2.05) is 6.20 Å². The molecule has 1 aromatic rings. The maximum Gasteiger partial charge on any atom is 0.0413 e. The Balaban J connectivity index is 2.01. The molecule has 0 aliphatic heterocycles. The number of hydrogen-bond donors (Lipinski definition) is 1. The van der Waals surface area contributed by atoms with Gasteiger partial charge in [-0.3, -0.25) is 4.98 Å². The van der Waals surface area contributed by atoms with Crippen LogP contribution in [0, 0.1) is 11.8 Å². The minimum Gasteiger partial charge on any atom is -0.330 e. The summed E-state index contributed by atoms with van der Waals surface area (Å²) in [7, 11) is 0. The van der Waals surface area contributed by atoms with E-state index in [2.05, 4.69) is 33.0 Å². The summed E-state index contributed by atoms with van der Waals surface area (Å²) in [6.45, 7) is 0.835. The molecule has 94 valence electrons. The van der Waals surface area contributed by atoms with Crippen molar-refractivity contribution in [2.75, 3.05) is 6.54 Å². The summed E-state index contributed by atoms with van der Waals surface area (Å²) >= 11 is 3.43. The minimum atomic E-state index is 0.697. The normalized spacial score (nSPS) is 25.5. The van der Waals surface area contributed by atoms with E-state index < -0.39 is 0 Å². The van der Waals surface area contributed by atoms with Gasteiger partial charge in [0.15, 0.2) is 0 Å². The van der Waals surface area contributed by atoms with Crippen LogP contribution in [-0.2, 0) is 6.42 Å². The summed E-state index contributed by atoms with van der Waals surface area (Å²) in [4.78, 5) is 4.48. The van der Waals surface area contributed by atoms with Gasteiger partial charge >= 0.3 is 0 Å². The standard InChI is InChI=1S/C14H21BrN2/c15-13-6-7-14(17-10-13)8-11-4-2-1-3-5-12(11)9-16/h6-7,10-12H,1-5,8-9,16H2. The molecule has 1 aliphatic carbocycles. The van der Waals surface area contributed by atoms with Crippen molar-refractivity contribution in [1.29, 1.82) is 0 Å². The molecule has 1 fully saturated rings. The van der Waals surface area contributed by atoms with Gasteiger partial charge < -0.3 is 5.73 Å². The Labute approximate surface area is 112 Å². The molecule has 2 nitrogen and oxygen atoms in total. The SMILES string of the molecule is NCC1CCCCCC1Cc1ccc(Br)cn1. The summed E-state index contributed by atoms with van der Waals surface area (Å²) < 4.78 is 1.05. The Morgan fingerprint density at radius 2 is 1.94 bits per heavy atom. The molecule has 2 N–H and O–H groups in total. The Bertz CT molecular complexity index is 337. The summed E-state index contributed by atoms with van der Waals surface area (Å²) in [5.74, 6) is 1.43. The van der Waals surface area contributed by atoms with E-state index in [0.29, 0.717) is 5.92 Å². The van der Waals surface area contributed by atoms with Gasteiger partial charge in [-0.25, -0.2) is 0 Å². The summed E-state index contributed by atoms with van der Waals surface area (Å²) in [6.07, 6.45) is 9.69. The molecule has 17 heavy (non-hydrogen) atoms. The topological polar surface area (TPSA) is 38.9 Å².